The lowest BCUT2D eigenvalue weighted by molar-refractivity contribution is 0.102. The third-order valence-electron chi connectivity index (χ3n) is 2.64. The quantitative estimate of drug-likeness (QED) is 0.731. The van der Waals surface area contributed by atoms with E-state index in [0.717, 1.165) is 0 Å². The van der Waals surface area contributed by atoms with Gasteiger partial charge in [-0.15, -0.1) is 0 Å². The summed E-state index contributed by atoms with van der Waals surface area (Å²) in [4.78, 5) is 12.4. The lowest BCUT2D eigenvalue weighted by Crippen LogP contribution is -2.14. The molecule has 2 aromatic rings. The molecular formula is C13H11Br2FN2O. The molecule has 0 unspecified atom stereocenters. The smallest absolute Gasteiger partial charge is 0.212 e. The van der Waals surface area contributed by atoms with Gasteiger partial charge in [-0.3, -0.25) is 9.48 Å². The molecule has 0 saturated carbocycles. The molecule has 0 N–H and O–H groups in total. The molecule has 100 valence electrons. The van der Waals surface area contributed by atoms with Gasteiger partial charge in [-0.1, -0.05) is 0 Å². The van der Waals surface area contributed by atoms with Gasteiger partial charge in [0.15, 0.2) is 0 Å². The molecule has 2 rings (SSSR count). The highest BCUT2D eigenvalue weighted by Gasteiger charge is 2.21. The fourth-order valence-corrected chi connectivity index (χ4v) is 2.42. The Balaban J connectivity index is 2.49. The summed E-state index contributed by atoms with van der Waals surface area (Å²) in [6.45, 7) is 3.86. The largest absolute Gasteiger partial charge is 0.287 e. The fraction of sp³-hybridized carbons (Fsp3) is 0.231. The van der Waals surface area contributed by atoms with Crippen molar-refractivity contribution < 1.29 is 9.18 Å². The first-order valence-electron chi connectivity index (χ1n) is 5.64. The average molecular weight is 390 g/mol. The maximum Gasteiger partial charge on any atom is 0.212 e. The molecule has 0 saturated heterocycles. The maximum absolute atomic E-state index is 13.5. The van der Waals surface area contributed by atoms with Crippen LogP contribution in [-0.2, 0) is 0 Å². The molecule has 0 fully saturated rings. The van der Waals surface area contributed by atoms with Crippen LogP contribution in [0, 0.1) is 5.82 Å². The van der Waals surface area contributed by atoms with Crippen molar-refractivity contribution in [2.45, 2.75) is 19.9 Å². The van der Waals surface area contributed by atoms with E-state index in [4.69, 9.17) is 0 Å². The van der Waals surface area contributed by atoms with E-state index in [1.54, 1.807) is 16.9 Å². The van der Waals surface area contributed by atoms with E-state index in [0.29, 0.717) is 20.2 Å². The number of hydrogen-bond acceptors (Lipinski definition) is 2. The van der Waals surface area contributed by atoms with Crippen LogP contribution in [0.3, 0.4) is 0 Å². The first-order chi connectivity index (χ1) is 8.91. The van der Waals surface area contributed by atoms with Crippen LogP contribution in [0.4, 0.5) is 4.39 Å². The Morgan fingerprint density at radius 3 is 2.58 bits per heavy atom. The van der Waals surface area contributed by atoms with E-state index in [-0.39, 0.29) is 11.8 Å². The second kappa shape index (κ2) is 5.54. The number of rotatable bonds is 3. The van der Waals surface area contributed by atoms with Crippen LogP contribution in [0.25, 0.3) is 0 Å². The zero-order chi connectivity index (χ0) is 14.2. The highest BCUT2D eigenvalue weighted by Crippen LogP contribution is 2.24. The van der Waals surface area contributed by atoms with E-state index in [1.165, 1.54) is 12.1 Å². The Morgan fingerprint density at radius 1 is 1.32 bits per heavy atom. The van der Waals surface area contributed by atoms with Crippen molar-refractivity contribution in [2.24, 2.45) is 0 Å². The molecule has 0 aliphatic heterocycles. The van der Waals surface area contributed by atoms with Crippen LogP contribution in [0.2, 0.25) is 0 Å². The van der Waals surface area contributed by atoms with Crippen LogP contribution in [-0.4, -0.2) is 15.6 Å². The van der Waals surface area contributed by atoms with Gasteiger partial charge in [0, 0.05) is 11.6 Å². The molecule has 1 aromatic heterocycles. The number of halogens is 3. The van der Waals surface area contributed by atoms with E-state index in [2.05, 4.69) is 37.0 Å². The molecule has 3 nitrogen and oxygen atoms in total. The number of hydrogen-bond donors (Lipinski definition) is 0. The van der Waals surface area contributed by atoms with Crippen molar-refractivity contribution in [3.63, 3.8) is 0 Å². The summed E-state index contributed by atoms with van der Waals surface area (Å²) in [5.74, 6) is -0.720. The molecule has 6 heteroatoms. The second-order valence-corrected chi connectivity index (χ2v) is 6.05. The van der Waals surface area contributed by atoms with Crippen molar-refractivity contribution in [3.8, 4) is 0 Å². The fourth-order valence-electron chi connectivity index (χ4n) is 1.72. The van der Waals surface area contributed by atoms with Crippen LogP contribution in [0.5, 0.6) is 0 Å². The van der Waals surface area contributed by atoms with E-state index in [9.17, 15) is 9.18 Å². The summed E-state index contributed by atoms with van der Waals surface area (Å²) in [6, 6.07) is 4.37. The molecule has 19 heavy (non-hydrogen) atoms. The molecule has 1 aromatic carbocycles. The van der Waals surface area contributed by atoms with Gasteiger partial charge in [-0.25, -0.2) is 4.39 Å². The Kier molecular flexibility index (Phi) is 4.20. The molecule has 0 spiro atoms. The second-order valence-electron chi connectivity index (χ2n) is 4.34. The SMILES string of the molecule is CC(C)n1ncc(Br)c1C(=O)c1ccc(Br)c(F)c1. The van der Waals surface area contributed by atoms with Crippen molar-refractivity contribution in [1.82, 2.24) is 9.78 Å². The number of carbonyl (C=O) groups is 1. The van der Waals surface area contributed by atoms with Crippen LogP contribution in [0.15, 0.2) is 33.3 Å². The van der Waals surface area contributed by atoms with Crippen LogP contribution < -0.4 is 0 Å². The van der Waals surface area contributed by atoms with E-state index in [1.807, 2.05) is 13.8 Å². The van der Waals surface area contributed by atoms with E-state index >= 15 is 0 Å². The average Bonchev–Trinajstić information content (AvgIpc) is 2.74. The zero-order valence-electron chi connectivity index (χ0n) is 10.3. The summed E-state index contributed by atoms with van der Waals surface area (Å²) < 4.78 is 16.1. The Bertz CT molecular complexity index is 638. The van der Waals surface area contributed by atoms with E-state index < -0.39 is 5.82 Å². The van der Waals surface area contributed by atoms with Gasteiger partial charge in [-0.2, -0.15) is 5.10 Å². The van der Waals surface area contributed by atoms with Gasteiger partial charge in [0.1, 0.15) is 11.5 Å². The van der Waals surface area contributed by atoms with Gasteiger partial charge in [0.05, 0.1) is 15.1 Å². The molecule has 0 radical (unpaired) electrons. The highest BCUT2D eigenvalue weighted by molar-refractivity contribution is 9.10. The number of ketones is 1. The van der Waals surface area contributed by atoms with Gasteiger partial charge in [-0.05, 0) is 63.9 Å². The zero-order valence-corrected chi connectivity index (χ0v) is 13.5. The van der Waals surface area contributed by atoms with Gasteiger partial charge < -0.3 is 0 Å². The molecule has 0 aliphatic carbocycles. The first-order valence-corrected chi connectivity index (χ1v) is 7.23. The molecule has 0 bridgehead atoms. The van der Waals surface area contributed by atoms with Crippen LogP contribution in [0.1, 0.15) is 35.9 Å². The molecule has 0 atom stereocenters. The van der Waals surface area contributed by atoms with Crippen molar-refractivity contribution in [3.05, 3.63) is 50.4 Å². The number of benzene rings is 1. The number of carbonyl (C=O) groups excluding carboxylic acids is 1. The highest BCUT2D eigenvalue weighted by atomic mass is 79.9. The number of nitrogens with zero attached hydrogens (tertiary/aromatic N) is 2. The molecular weight excluding hydrogens is 379 g/mol. The predicted molar refractivity (Wildman–Crippen MR) is 77.8 cm³/mol. The van der Waals surface area contributed by atoms with Gasteiger partial charge >= 0.3 is 0 Å². The topological polar surface area (TPSA) is 34.9 Å². The Hall–Kier alpha value is -1.01. The third kappa shape index (κ3) is 2.79. The minimum Gasteiger partial charge on any atom is -0.287 e. The maximum atomic E-state index is 13.5. The summed E-state index contributed by atoms with van der Waals surface area (Å²) in [5.41, 5.74) is 0.723. The minimum absolute atomic E-state index is 0.0468. The summed E-state index contributed by atoms with van der Waals surface area (Å²) >= 11 is 6.38. The Morgan fingerprint density at radius 2 is 2.00 bits per heavy atom. The van der Waals surface area contributed by atoms with Crippen molar-refractivity contribution in [1.29, 1.82) is 0 Å². The normalized spacial score (nSPS) is 11.1. The minimum atomic E-state index is -0.461. The van der Waals surface area contributed by atoms with Crippen molar-refractivity contribution >= 4 is 37.6 Å². The molecule has 0 aliphatic rings. The lowest BCUT2D eigenvalue weighted by atomic mass is 10.1. The summed E-state index contributed by atoms with van der Waals surface area (Å²) in [6.07, 6.45) is 1.57. The van der Waals surface area contributed by atoms with Crippen molar-refractivity contribution in [2.75, 3.05) is 0 Å². The Labute approximate surface area is 127 Å². The monoisotopic (exact) mass is 388 g/mol. The summed E-state index contributed by atoms with van der Waals surface area (Å²) in [5, 5.41) is 4.15. The third-order valence-corrected chi connectivity index (χ3v) is 3.86. The molecule has 0 amide bonds. The first kappa shape index (κ1) is 14.4. The number of aromatic nitrogens is 2. The standard InChI is InChI=1S/C13H11Br2FN2O/c1-7(2)18-12(10(15)6-17-18)13(19)8-3-4-9(14)11(16)5-8/h3-7H,1-2H3. The summed E-state index contributed by atoms with van der Waals surface area (Å²) in [7, 11) is 0. The lowest BCUT2D eigenvalue weighted by Gasteiger charge is -2.10. The van der Waals surface area contributed by atoms with Crippen LogP contribution >= 0.6 is 31.9 Å². The predicted octanol–water partition coefficient (Wildman–Crippen LogP) is 4.36. The molecule has 1 heterocycles. The van der Waals surface area contributed by atoms with Gasteiger partial charge in [0.25, 0.3) is 0 Å². The van der Waals surface area contributed by atoms with Gasteiger partial charge in [0.2, 0.25) is 5.78 Å².